The number of pyridine rings is 1. The fourth-order valence-corrected chi connectivity index (χ4v) is 4.02. The van der Waals surface area contributed by atoms with Gasteiger partial charge in [-0.1, -0.05) is 6.07 Å². The summed E-state index contributed by atoms with van der Waals surface area (Å²) in [6, 6.07) is 10.7. The predicted octanol–water partition coefficient (Wildman–Crippen LogP) is 3.17. The Bertz CT molecular complexity index is 1280. The maximum absolute atomic E-state index is 14.3. The summed E-state index contributed by atoms with van der Waals surface area (Å²) < 4.78 is 14.3. The van der Waals surface area contributed by atoms with Gasteiger partial charge in [0, 0.05) is 45.0 Å². The lowest BCUT2D eigenvalue weighted by Gasteiger charge is -2.35. The SMILES string of the molecule is CC(=O)N1CCN(c2ccc3nc(-c4cnc5cccc(F)c5c4N)[nH]c3c2)CC1. The molecule has 0 spiro atoms. The lowest BCUT2D eigenvalue weighted by atomic mass is 10.1. The third kappa shape index (κ3) is 3.01. The molecule has 7 nitrogen and oxygen atoms in total. The molecule has 0 radical (unpaired) electrons. The number of benzene rings is 2. The first kappa shape index (κ1) is 18.4. The molecule has 0 atom stereocenters. The Labute approximate surface area is 172 Å². The monoisotopic (exact) mass is 404 g/mol. The Morgan fingerprint density at radius 2 is 1.93 bits per heavy atom. The zero-order chi connectivity index (χ0) is 20.8. The Hall–Kier alpha value is -3.68. The smallest absolute Gasteiger partial charge is 0.219 e. The zero-order valence-corrected chi connectivity index (χ0v) is 16.5. The number of carbonyl (C=O) groups is 1. The van der Waals surface area contributed by atoms with Gasteiger partial charge < -0.3 is 20.5 Å². The number of aromatic amines is 1. The van der Waals surface area contributed by atoms with Gasteiger partial charge in [0.05, 0.1) is 33.2 Å². The second kappa shape index (κ2) is 6.98. The number of H-pyrrole nitrogens is 1. The van der Waals surface area contributed by atoms with E-state index in [0.29, 0.717) is 41.1 Å². The molecule has 1 fully saturated rings. The summed E-state index contributed by atoms with van der Waals surface area (Å²) in [6.45, 7) is 4.60. The van der Waals surface area contributed by atoms with Crippen molar-refractivity contribution in [3.8, 4) is 11.4 Å². The fourth-order valence-electron chi connectivity index (χ4n) is 4.02. The number of halogens is 1. The van der Waals surface area contributed by atoms with E-state index in [1.54, 1.807) is 25.3 Å². The van der Waals surface area contributed by atoms with E-state index < -0.39 is 5.82 Å². The highest BCUT2D eigenvalue weighted by molar-refractivity contribution is 5.98. The van der Waals surface area contributed by atoms with Crippen molar-refractivity contribution in [1.29, 1.82) is 0 Å². The minimum Gasteiger partial charge on any atom is -0.397 e. The number of amides is 1. The van der Waals surface area contributed by atoms with Gasteiger partial charge in [-0.2, -0.15) is 0 Å². The molecule has 1 aliphatic rings. The molecule has 1 saturated heterocycles. The molecule has 30 heavy (non-hydrogen) atoms. The maximum atomic E-state index is 14.3. The summed E-state index contributed by atoms with van der Waals surface area (Å²) in [5.41, 5.74) is 10.4. The molecule has 8 heteroatoms. The van der Waals surface area contributed by atoms with Crippen molar-refractivity contribution in [1.82, 2.24) is 19.9 Å². The van der Waals surface area contributed by atoms with Gasteiger partial charge >= 0.3 is 0 Å². The van der Waals surface area contributed by atoms with E-state index in [9.17, 15) is 9.18 Å². The van der Waals surface area contributed by atoms with Crippen LogP contribution in [0.3, 0.4) is 0 Å². The van der Waals surface area contributed by atoms with Gasteiger partial charge in [-0.3, -0.25) is 9.78 Å². The fraction of sp³-hybridized carbons (Fsp3) is 0.227. The minimum atomic E-state index is -0.401. The maximum Gasteiger partial charge on any atom is 0.219 e. The van der Waals surface area contributed by atoms with Crippen LogP contribution < -0.4 is 10.6 Å². The predicted molar refractivity (Wildman–Crippen MR) is 116 cm³/mol. The van der Waals surface area contributed by atoms with Crippen LogP contribution in [0.2, 0.25) is 0 Å². The Kier molecular flexibility index (Phi) is 4.27. The summed E-state index contributed by atoms with van der Waals surface area (Å²) in [6.07, 6.45) is 1.62. The van der Waals surface area contributed by atoms with Crippen LogP contribution in [0.25, 0.3) is 33.3 Å². The molecule has 3 N–H and O–H groups in total. The van der Waals surface area contributed by atoms with E-state index in [2.05, 4.69) is 19.9 Å². The van der Waals surface area contributed by atoms with Crippen molar-refractivity contribution in [3.05, 3.63) is 48.4 Å². The number of carbonyl (C=O) groups excluding carboxylic acids is 1. The summed E-state index contributed by atoms with van der Waals surface area (Å²) in [5, 5.41) is 0.305. The van der Waals surface area contributed by atoms with Crippen LogP contribution >= 0.6 is 0 Å². The quantitative estimate of drug-likeness (QED) is 0.536. The largest absolute Gasteiger partial charge is 0.397 e. The van der Waals surface area contributed by atoms with E-state index >= 15 is 0 Å². The summed E-state index contributed by atoms with van der Waals surface area (Å²) in [4.78, 5) is 27.9. The number of fused-ring (bicyclic) bond motifs is 2. The van der Waals surface area contributed by atoms with Crippen LogP contribution in [0.4, 0.5) is 15.8 Å². The normalized spacial score (nSPS) is 14.6. The molecular formula is C22H21FN6O. The second-order valence-electron chi connectivity index (χ2n) is 7.50. The standard InChI is InChI=1S/C22H21FN6O/c1-13(30)28-7-9-29(10-8-28)14-5-6-17-19(11-14)27-22(26-17)15-12-25-18-4-2-3-16(23)20(18)21(15)24/h2-6,11-12H,7-10H2,1H3,(H2,24,25)(H,26,27). The molecule has 0 saturated carbocycles. The van der Waals surface area contributed by atoms with Gasteiger partial charge in [0.25, 0.3) is 0 Å². The first-order valence-corrected chi connectivity index (χ1v) is 9.84. The number of piperazine rings is 1. The highest BCUT2D eigenvalue weighted by atomic mass is 19.1. The van der Waals surface area contributed by atoms with Crippen LogP contribution in [0, 0.1) is 5.82 Å². The van der Waals surface area contributed by atoms with Gasteiger partial charge in [0.15, 0.2) is 0 Å². The Morgan fingerprint density at radius 3 is 2.70 bits per heavy atom. The molecule has 5 rings (SSSR count). The molecular weight excluding hydrogens is 383 g/mol. The second-order valence-corrected chi connectivity index (χ2v) is 7.50. The van der Waals surface area contributed by atoms with E-state index in [1.165, 1.54) is 6.07 Å². The first-order valence-electron chi connectivity index (χ1n) is 9.84. The van der Waals surface area contributed by atoms with E-state index in [0.717, 1.165) is 29.8 Å². The average Bonchev–Trinajstić information content (AvgIpc) is 3.17. The molecule has 2 aromatic heterocycles. The molecule has 0 bridgehead atoms. The summed E-state index contributed by atoms with van der Waals surface area (Å²) >= 11 is 0. The zero-order valence-electron chi connectivity index (χ0n) is 16.5. The van der Waals surface area contributed by atoms with Crippen LogP contribution in [-0.2, 0) is 4.79 Å². The number of nitrogens with two attached hydrogens (primary N) is 1. The topological polar surface area (TPSA) is 91.1 Å². The number of rotatable bonds is 2. The number of anilines is 2. The molecule has 2 aromatic carbocycles. The number of aromatic nitrogens is 3. The van der Waals surface area contributed by atoms with E-state index in [-0.39, 0.29) is 5.91 Å². The number of hydrogen-bond donors (Lipinski definition) is 2. The van der Waals surface area contributed by atoms with Crippen molar-refractivity contribution in [2.45, 2.75) is 6.92 Å². The van der Waals surface area contributed by atoms with Crippen molar-refractivity contribution in [3.63, 3.8) is 0 Å². The minimum absolute atomic E-state index is 0.112. The lowest BCUT2D eigenvalue weighted by Crippen LogP contribution is -2.48. The third-order valence-electron chi connectivity index (χ3n) is 5.69. The lowest BCUT2D eigenvalue weighted by molar-refractivity contribution is -0.129. The molecule has 152 valence electrons. The van der Waals surface area contributed by atoms with Crippen LogP contribution in [0.1, 0.15) is 6.92 Å². The van der Waals surface area contributed by atoms with Gasteiger partial charge in [-0.05, 0) is 30.3 Å². The first-order chi connectivity index (χ1) is 14.5. The van der Waals surface area contributed by atoms with Gasteiger partial charge in [-0.25, -0.2) is 9.37 Å². The Balaban J connectivity index is 1.49. The average molecular weight is 404 g/mol. The van der Waals surface area contributed by atoms with Gasteiger partial charge in [0.1, 0.15) is 11.6 Å². The van der Waals surface area contributed by atoms with Crippen molar-refractivity contribution in [2.24, 2.45) is 0 Å². The molecule has 3 heterocycles. The van der Waals surface area contributed by atoms with Crippen molar-refractivity contribution >= 4 is 39.2 Å². The molecule has 0 unspecified atom stereocenters. The van der Waals surface area contributed by atoms with E-state index in [4.69, 9.17) is 5.73 Å². The summed E-state index contributed by atoms with van der Waals surface area (Å²) in [7, 11) is 0. The molecule has 0 aliphatic carbocycles. The Morgan fingerprint density at radius 1 is 1.13 bits per heavy atom. The number of hydrogen-bond acceptors (Lipinski definition) is 5. The summed E-state index contributed by atoms with van der Waals surface area (Å²) in [5.74, 6) is 0.266. The van der Waals surface area contributed by atoms with Crippen molar-refractivity contribution in [2.75, 3.05) is 36.8 Å². The number of nitrogens with one attached hydrogen (secondary N) is 1. The number of imidazole rings is 1. The number of nitrogen functional groups attached to an aromatic ring is 1. The van der Waals surface area contributed by atoms with Crippen molar-refractivity contribution < 1.29 is 9.18 Å². The third-order valence-corrected chi connectivity index (χ3v) is 5.69. The highest BCUT2D eigenvalue weighted by Crippen LogP contribution is 2.33. The number of nitrogens with zero attached hydrogens (tertiary/aromatic N) is 4. The van der Waals surface area contributed by atoms with Crippen LogP contribution in [-0.4, -0.2) is 51.9 Å². The molecule has 1 aliphatic heterocycles. The molecule has 1 amide bonds. The van der Waals surface area contributed by atoms with E-state index in [1.807, 2.05) is 23.1 Å². The van der Waals surface area contributed by atoms with Gasteiger partial charge in [-0.15, -0.1) is 0 Å². The van der Waals surface area contributed by atoms with Crippen LogP contribution in [0.5, 0.6) is 0 Å². The highest BCUT2D eigenvalue weighted by Gasteiger charge is 2.20. The van der Waals surface area contributed by atoms with Gasteiger partial charge in [0.2, 0.25) is 5.91 Å². The molecule has 4 aromatic rings. The van der Waals surface area contributed by atoms with Crippen LogP contribution in [0.15, 0.2) is 42.6 Å².